The van der Waals surface area contributed by atoms with Gasteiger partial charge in [0.05, 0.1) is 0 Å². The van der Waals surface area contributed by atoms with E-state index in [0.29, 0.717) is 25.0 Å². The molecule has 0 amide bonds. The summed E-state index contributed by atoms with van der Waals surface area (Å²) >= 11 is 3.70. The second-order valence-electron chi connectivity index (χ2n) is 3.24. The van der Waals surface area contributed by atoms with Crippen molar-refractivity contribution < 1.29 is 39.8 Å². The van der Waals surface area contributed by atoms with E-state index in [-0.39, 0.29) is 29.6 Å². The summed E-state index contributed by atoms with van der Waals surface area (Å²) in [7, 11) is 0. The van der Waals surface area contributed by atoms with Crippen molar-refractivity contribution in [3.63, 3.8) is 0 Å². The number of aliphatic hydroxyl groups excluding tert-OH is 2. The Morgan fingerprint density at radius 1 is 1.07 bits per heavy atom. The molecule has 0 bridgehead atoms. The minimum absolute atomic E-state index is 0. The van der Waals surface area contributed by atoms with E-state index in [0.717, 1.165) is 0 Å². The molecular weight excluding hydrogens is 209 g/mol. The topological polar surface area (TPSA) is 64.2 Å². The average Bonchev–Trinajstić information content (AvgIpc) is 2.07. The fourth-order valence-corrected chi connectivity index (χ4v) is 0. The van der Waals surface area contributed by atoms with E-state index < -0.39 is 0 Å². The molecular formula is C9H20NNaO2S. The molecule has 14 heavy (non-hydrogen) atoms. The standard InChI is InChI=1S/2C4H10O.CHNS.Na/c2*1-4(2)3-5;2-1-3;/h2*4-5H,3H2,1-2H3;3H;/q;;;+1/p-1. The first-order valence-electron chi connectivity index (χ1n) is 4.19. The van der Waals surface area contributed by atoms with E-state index in [9.17, 15) is 0 Å². The molecule has 0 aromatic carbocycles. The van der Waals surface area contributed by atoms with E-state index in [4.69, 9.17) is 15.5 Å². The number of nitrogens with zero attached hydrogens (tertiary/aromatic N) is 1. The molecule has 0 heterocycles. The molecule has 5 heteroatoms. The van der Waals surface area contributed by atoms with Crippen LogP contribution in [0, 0.1) is 22.5 Å². The van der Waals surface area contributed by atoms with Crippen LogP contribution in [0.25, 0.3) is 0 Å². The van der Waals surface area contributed by atoms with Crippen LogP contribution in [0.2, 0.25) is 0 Å². The van der Waals surface area contributed by atoms with Gasteiger partial charge in [0.2, 0.25) is 0 Å². The van der Waals surface area contributed by atoms with Gasteiger partial charge < -0.3 is 22.8 Å². The van der Waals surface area contributed by atoms with Gasteiger partial charge in [-0.05, 0) is 11.8 Å². The molecule has 3 nitrogen and oxygen atoms in total. The maximum atomic E-state index is 8.14. The number of hydrogen-bond donors (Lipinski definition) is 2. The normalized spacial score (nSPS) is 7.36. The van der Waals surface area contributed by atoms with Crippen LogP contribution < -0.4 is 29.6 Å². The number of nitriles is 1. The van der Waals surface area contributed by atoms with Gasteiger partial charge in [0.25, 0.3) is 0 Å². The molecule has 0 saturated carbocycles. The summed E-state index contributed by atoms with van der Waals surface area (Å²) in [5.74, 6) is 0.880. The molecule has 0 rings (SSSR count). The first kappa shape index (κ1) is 24.1. The third-order valence-electron chi connectivity index (χ3n) is 0.730. The molecule has 80 valence electrons. The van der Waals surface area contributed by atoms with Gasteiger partial charge in [0.15, 0.2) is 0 Å². The van der Waals surface area contributed by atoms with E-state index >= 15 is 0 Å². The van der Waals surface area contributed by atoms with Crippen molar-refractivity contribution >= 4 is 12.6 Å². The minimum Gasteiger partial charge on any atom is -0.696 e. The first-order valence-corrected chi connectivity index (χ1v) is 4.59. The van der Waals surface area contributed by atoms with E-state index in [1.54, 1.807) is 0 Å². The molecule has 0 saturated heterocycles. The van der Waals surface area contributed by atoms with Crippen molar-refractivity contribution in [2.45, 2.75) is 27.7 Å². The van der Waals surface area contributed by atoms with Crippen LogP contribution in [-0.2, 0) is 12.6 Å². The third-order valence-corrected chi connectivity index (χ3v) is 0.730. The summed E-state index contributed by atoms with van der Waals surface area (Å²) in [6.07, 6.45) is 0. The molecule has 0 aromatic heterocycles. The molecule has 0 aliphatic rings. The third kappa shape index (κ3) is 79.7. The molecule has 0 fully saturated rings. The molecule has 0 spiro atoms. The number of aliphatic hydroxyl groups is 2. The SMILES string of the molecule is CC(C)CO.CC(C)CO.N#C[S-].[Na+]. The van der Waals surface area contributed by atoms with Gasteiger partial charge >= 0.3 is 29.6 Å². The largest absolute Gasteiger partial charge is 1.00 e. The second-order valence-corrected chi connectivity index (χ2v) is 3.43. The van der Waals surface area contributed by atoms with Gasteiger partial charge in [0, 0.05) is 13.2 Å². The summed E-state index contributed by atoms with van der Waals surface area (Å²) in [5.41, 5.74) is 0. The average molecular weight is 229 g/mol. The molecule has 0 aromatic rings. The van der Waals surface area contributed by atoms with Gasteiger partial charge in [-0.25, -0.2) is 5.26 Å². The van der Waals surface area contributed by atoms with Gasteiger partial charge in [-0.3, -0.25) is 0 Å². The van der Waals surface area contributed by atoms with Crippen molar-refractivity contribution in [2.75, 3.05) is 13.2 Å². The first-order chi connectivity index (χ1) is 5.95. The van der Waals surface area contributed by atoms with Crippen molar-refractivity contribution in [3.8, 4) is 5.40 Å². The summed E-state index contributed by atoms with van der Waals surface area (Å²) in [6, 6.07) is 0. The predicted molar refractivity (Wildman–Crippen MR) is 56.8 cm³/mol. The maximum absolute atomic E-state index is 8.14. The number of hydrogen-bond acceptors (Lipinski definition) is 4. The van der Waals surface area contributed by atoms with E-state index in [2.05, 4.69) is 12.6 Å². The van der Waals surface area contributed by atoms with Crippen LogP contribution in [0.1, 0.15) is 27.7 Å². The minimum atomic E-state index is 0. The zero-order chi connectivity index (χ0) is 11.3. The predicted octanol–water partition coefficient (Wildman–Crippen LogP) is -1.71. The fraction of sp³-hybridized carbons (Fsp3) is 0.889. The summed E-state index contributed by atoms with van der Waals surface area (Å²) in [6.45, 7) is 8.50. The van der Waals surface area contributed by atoms with Crippen molar-refractivity contribution in [3.05, 3.63) is 0 Å². The van der Waals surface area contributed by atoms with Crippen molar-refractivity contribution in [1.82, 2.24) is 0 Å². The monoisotopic (exact) mass is 229 g/mol. The van der Waals surface area contributed by atoms with Gasteiger partial charge in [-0.1, -0.05) is 33.1 Å². The van der Waals surface area contributed by atoms with Gasteiger partial charge in [-0.2, -0.15) is 0 Å². The quantitative estimate of drug-likeness (QED) is 0.336. The van der Waals surface area contributed by atoms with Crippen LogP contribution in [0.5, 0.6) is 0 Å². The number of rotatable bonds is 2. The summed E-state index contributed by atoms with van der Waals surface area (Å²) in [4.78, 5) is 0. The smallest absolute Gasteiger partial charge is 0.696 e. The Morgan fingerprint density at radius 2 is 1.14 bits per heavy atom. The molecule has 0 radical (unpaired) electrons. The Hall–Kier alpha value is 0.630. The second kappa shape index (κ2) is 23.4. The van der Waals surface area contributed by atoms with Gasteiger partial charge in [0.1, 0.15) is 0 Å². The Labute approximate surface area is 115 Å². The van der Waals surface area contributed by atoms with Crippen molar-refractivity contribution in [2.24, 2.45) is 11.8 Å². The zero-order valence-electron chi connectivity index (χ0n) is 9.82. The Kier molecular flexibility index (Phi) is 40.3. The maximum Gasteiger partial charge on any atom is 1.00 e. The number of thiocyanates is 1. The molecule has 0 aliphatic carbocycles. The van der Waals surface area contributed by atoms with E-state index in [1.165, 1.54) is 5.40 Å². The van der Waals surface area contributed by atoms with Gasteiger partial charge in [-0.15, -0.1) is 0 Å². The van der Waals surface area contributed by atoms with Crippen LogP contribution in [0.4, 0.5) is 0 Å². The molecule has 2 N–H and O–H groups in total. The van der Waals surface area contributed by atoms with E-state index in [1.807, 2.05) is 27.7 Å². The van der Waals surface area contributed by atoms with Crippen LogP contribution in [-0.4, -0.2) is 23.4 Å². The Balaban J connectivity index is -0.0000000535. The van der Waals surface area contributed by atoms with Crippen LogP contribution >= 0.6 is 0 Å². The molecule has 0 aliphatic heterocycles. The fourth-order valence-electron chi connectivity index (χ4n) is 0. The summed E-state index contributed by atoms with van der Waals surface area (Å²) in [5, 5.41) is 24.8. The Morgan fingerprint density at radius 3 is 1.14 bits per heavy atom. The zero-order valence-corrected chi connectivity index (χ0v) is 12.6. The Bertz CT molecular complexity index is 108. The molecule has 0 unspecified atom stereocenters. The van der Waals surface area contributed by atoms with Crippen LogP contribution in [0.15, 0.2) is 0 Å². The molecule has 0 atom stereocenters. The van der Waals surface area contributed by atoms with Crippen molar-refractivity contribution in [1.29, 1.82) is 5.26 Å². The van der Waals surface area contributed by atoms with Crippen LogP contribution in [0.3, 0.4) is 0 Å². The summed E-state index contributed by atoms with van der Waals surface area (Å²) < 4.78 is 0.